The fourth-order valence-electron chi connectivity index (χ4n) is 1.04. The van der Waals surface area contributed by atoms with Gasteiger partial charge in [-0.3, -0.25) is 10.1 Å². The molecule has 1 aromatic rings. The molecule has 0 atom stereocenters. The van der Waals surface area contributed by atoms with E-state index in [4.69, 9.17) is 11.6 Å². The maximum Gasteiger partial charge on any atom is 0.287 e. The Balaban J connectivity index is 3.20. The molecule has 0 saturated heterocycles. The van der Waals surface area contributed by atoms with Crippen LogP contribution in [0.5, 0.6) is 0 Å². The SMILES string of the molecule is CC(C)(O)c1ccc([N+](=O)[O-])c(Cl)c1. The first-order chi connectivity index (χ1) is 6.32. The number of rotatable bonds is 2. The first kappa shape index (κ1) is 10.9. The van der Waals surface area contributed by atoms with E-state index in [0.717, 1.165) is 0 Å². The molecule has 0 aliphatic rings. The number of benzene rings is 1. The highest BCUT2D eigenvalue weighted by Gasteiger charge is 2.20. The van der Waals surface area contributed by atoms with E-state index in [1.54, 1.807) is 13.8 Å². The molecule has 14 heavy (non-hydrogen) atoms. The van der Waals surface area contributed by atoms with Crippen molar-refractivity contribution in [2.24, 2.45) is 0 Å². The molecule has 0 heterocycles. The van der Waals surface area contributed by atoms with E-state index in [-0.39, 0.29) is 10.7 Å². The molecular weight excluding hydrogens is 206 g/mol. The molecule has 0 aromatic heterocycles. The van der Waals surface area contributed by atoms with Crippen LogP contribution in [0.2, 0.25) is 5.02 Å². The van der Waals surface area contributed by atoms with Crippen molar-refractivity contribution in [3.05, 3.63) is 38.9 Å². The molecule has 0 fully saturated rings. The van der Waals surface area contributed by atoms with Crippen molar-refractivity contribution in [1.82, 2.24) is 0 Å². The molecule has 4 nitrogen and oxygen atoms in total. The Bertz CT molecular complexity index is 371. The van der Waals surface area contributed by atoms with Gasteiger partial charge in [-0.15, -0.1) is 0 Å². The molecule has 0 radical (unpaired) electrons. The monoisotopic (exact) mass is 215 g/mol. The van der Waals surface area contributed by atoms with Crippen molar-refractivity contribution >= 4 is 17.3 Å². The fourth-order valence-corrected chi connectivity index (χ4v) is 1.29. The van der Waals surface area contributed by atoms with E-state index in [2.05, 4.69) is 0 Å². The van der Waals surface area contributed by atoms with Crippen LogP contribution in [0.15, 0.2) is 18.2 Å². The Labute approximate surface area is 86.3 Å². The standard InChI is InChI=1S/C9H10ClNO3/c1-9(2,12)6-3-4-8(11(13)14)7(10)5-6/h3-5,12H,1-2H3. The molecule has 0 amide bonds. The second kappa shape index (κ2) is 3.55. The lowest BCUT2D eigenvalue weighted by molar-refractivity contribution is -0.384. The van der Waals surface area contributed by atoms with Crippen LogP contribution in [0.1, 0.15) is 19.4 Å². The van der Waals surface area contributed by atoms with Crippen LogP contribution in [0, 0.1) is 10.1 Å². The van der Waals surface area contributed by atoms with Crippen molar-refractivity contribution in [3.8, 4) is 0 Å². The lowest BCUT2D eigenvalue weighted by atomic mass is 9.98. The van der Waals surface area contributed by atoms with Gasteiger partial charge < -0.3 is 5.11 Å². The summed E-state index contributed by atoms with van der Waals surface area (Å²) < 4.78 is 0. The third-order valence-electron chi connectivity index (χ3n) is 1.85. The average molecular weight is 216 g/mol. The summed E-state index contributed by atoms with van der Waals surface area (Å²) in [5.74, 6) is 0. The normalized spacial score (nSPS) is 11.4. The van der Waals surface area contributed by atoms with Crippen LogP contribution in [0.3, 0.4) is 0 Å². The summed E-state index contributed by atoms with van der Waals surface area (Å²) in [6, 6.07) is 4.18. The number of nitro benzene ring substituents is 1. The highest BCUT2D eigenvalue weighted by Crippen LogP contribution is 2.29. The van der Waals surface area contributed by atoms with Crippen molar-refractivity contribution in [3.63, 3.8) is 0 Å². The predicted octanol–water partition coefficient (Wildman–Crippen LogP) is 2.48. The number of nitro groups is 1. The maximum atomic E-state index is 10.4. The molecule has 1 aromatic carbocycles. The third kappa shape index (κ3) is 2.21. The summed E-state index contributed by atoms with van der Waals surface area (Å²) in [4.78, 5) is 9.88. The minimum Gasteiger partial charge on any atom is -0.386 e. The second-order valence-corrected chi connectivity index (χ2v) is 3.89. The number of halogens is 1. The fraction of sp³-hybridized carbons (Fsp3) is 0.333. The summed E-state index contributed by atoms with van der Waals surface area (Å²) in [7, 11) is 0. The van der Waals surface area contributed by atoms with Crippen LogP contribution in [0.25, 0.3) is 0 Å². The van der Waals surface area contributed by atoms with Gasteiger partial charge in [0.05, 0.1) is 10.5 Å². The molecule has 1 rings (SSSR count). The molecule has 0 spiro atoms. The van der Waals surface area contributed by atoms with Crippen molar-refractivity contribution in [2.75, 3.05) is 0 Å². The molecule has 0 aliphatic carbocycles. The molecule has 0 bridgehead atoms. The number of aliphatic hydroxyl groups is 1. The second-order valence-electron chi connectivity index (χ2n) is 3.48. The molecule has 5 heteroatoms. The third-order valence-corrected chi connectivity index (χ3v) is 2.15. The molecule has 76 valence electrons. The molecule has 1 N–H and O–H groups in total. The molecule has 0 saturated carbocycles. The van der Waals surface area contributed by atoms with E-state index < -0.39 is 10.5 Å². The first-order valence-corrected chi connectivity index (χ1v) is 4.37. The largest absolute Gasteiger partial charge is 0.386 e. The van der Waals surface area contributed by atoms with Gasteiger partial charge in [0.25, 0.3) is 5.69 Å². The van der Waals surface area contributed by atoms with Crippen LogP contribution >= 0.6 is 11.6 Å². The molecule has 0 aliphatic heterocycles. The van der Waals surface area contributed by atoms with Gasteiger partial charge in [-0.05, 0) is 31.5 Å². The summed E-state index contributed by atoms with van der Waals surface area (Å²) in [6.07, 6.45) is 0. The van der Waals surface area contributed by atoms with Gasteiger partial charge in [0, 0.05) is 6.07 Å². The molecule has 0 unspecified atom stereocenters. The summed E-state index contributed by atoms with van der Waals surface area (Å²) in [5, 5.41) is 20.1. The maximum absolute atomic E-state index is 10.4. The summed E-state index contributed by atoms with van der Waals surface area (Å²) in [6.45, 7) is 3.18. The lowest BCUT2D eigenvalue weighted by Crippen LogP contribution is -2.15. The number of nitrogens with zero attached hydrogens (tertiary/aromatic N) is 1. The first-order valence-electron chi connectivity index (χ1n) is 3.99. The van der Waals surface area contributed by atoms with E-state index in [9.17, 15) is 15.2 Å². The van der Waals surface area contributed by atoms with E-state index in [1.165, 1.54) is 18.2 Å². The van der Waals surface area contributed by atoms with Crippen LogP contribution in [0.4, 0.5) is 5.69 Å². The van der Waals surface area contributed by atoms with Gasteiger partial charge in [-0.25, -0.2) is 0 Å². The minimum atomic E-state index is -1.04. The zero-order valence-electron chi connectivity index (χ0n) is 7.82. The zero-order valence-corrected chi connectivity index (χ0v) is 8.58. The Morgan fingerprint density at radius 1 is 1.50 bits per heavy atom. The lowest BCUT2D eigenvalue weighted by Gasteiger charge is -2.17. The number of hydrogen-bond acceptors (Lipinski definition) is 3. The van der Waals surface area contributed by atoms with Crippen LogP contribution in [-0.4, -0.2) is 10.0 Å². The van der Waals surface area contributed by atoms with Gasteiger partial charge in [0.1, 0.15) is 5.02 Å². The quantitative estimate of drug-likeness (QED) is 0.609. The van der Waals surface area contributed by atoms with Crippen molar-refractivity contribution in [2.45, 2.75) is 19.4 Å². The Morgan fingerprint density at radius 2 is 2.07 bits per heavy atom. The van der Waals surface area contributed by atoms with Gasteiger partial charge in [-0.2, -0.15) is 0 Å². The molecular formula is C9H10ClNO3. The Kier molecular flexibility index (Phi) is 2.78. The van der Waals surface area contributed by atoms with Crippen LogP contribution in [-0.2, 0) is 5.60 Å². The Morgan fingerprint density at radius 3 is 2.43 bits per heavy atom. The van der Waals surface area contributed by atoms with Gasteiger partial charge >= 0.3 is 0 Å². The Hall–Kier alpha value is -1.13. The van der Waals surface area contributed by atoms with Crippen molar-refractivity contribution in [1.29, 1.82) is 0 Å². The zero-order chi connectivity index (χ0) is 10.9. The minimum absolute atomic E-state index is 0.0367. The summed E-state index contributed by atoms with van der Waals surface area (Å²) in [5.41, 5.74) is -0.647. The van der Waals surface area contributed by atoms with E-state index >= 15 is 0 Å². The van der Waals surface area contributed by atoms with Crippen LogP contribution < -0.4 is 0 Å². The van der Waals surface area contributed by atoms with E-state index in [0.29, 0.717) is 5.56 Å². The summed E-state index contributed by atoms with van der Waals surface area (Å²) >= 11 is 5.68. The average Bonchev–Trinajstić information content (AvgIpc) is 2.01. The predicted molar refractivity (Wildman–Crippen MR) is 53.4 cm³/mol. The highest BCUT2D eigenvalue weighted by molar-refractivity contribution is 6.32. The highest BCUT2D eigenvalue weighted by atomic mass is 35.5. The van der Waals surface area contributed by atoms with Crippen molar-refractivity contribution < 1.29 is 10.0 Å². The van der Waals surface area contributed by atoms with Gasteiger partial charge in [-0.1, -0.05) is 11.6 Å². The smallest absolute Gasteiger partial charge is 0.287 e. The van der Waals surface area contributed by atoms with Gasteiger partial charge in [0.15, 0.2) is 0 Å². The van der Waals surface area contributed by atoms with Gasteiger partial charge in [0.2, 0.25) is 0 Å². The topological polar surface area (TPSA) is 63.4 Å². The van der Waals surface area contributed by atoms with E-state index in [1.807, 2.05) is 0 Å². The number of hydrogen-bond donors (Lipinski definition) is 1.